The molecule has 33 heavy (non-hydrogen) atoms. The van der Waals surface area contributed by atoms with Crippen LogP contribution in [0.2, 0.25) is 0 Å². The lowest BCUT2D eigenvalue weighted by Gasteiger charge is -2.40. The first-order valence-corrected chi connectivity index (χ1v) is 11.4. The fourth-order valence-corrected chi connectivity index (χ4v) is 5.06. The number of carbonyl (C=O) groups excluding carboxylic acids is 1. The maximum Gasteiger partial charge on any atom is 0.290 e. The number of hydrogen-bond acceptors (Lipinski definition) is 7. The summed E-state index contributed by atoms with van der Waals surface area (Å²) in [6.45, 7) is 7.64. The molecule has 2 fully saturated rings. The van der Waals surface area contributed by atoms with Crippen LogP contribution in [-0.4, -0.2) is 70.2 Å². The van der Waals surface area contributed by atoms with Gasteiger partial charge >= 0.3 is 0 Å². The Hall–Kier alpha value is -3.07. The van der Waals surface area contributed by atoms with Crippen LogP contribution in [0.1, 0.15) is 44.4 Å². The van der Waals surface area contributed by atoms with Crippen LogP contribution < -0.4 is 5.32 Å². The maximum absolute atomic E-state index is 12.1. The predicted octanol–water partition coefficient (Wildman–Crippen LogP) is 2.51. The number of pyridine rings is 1. The summed E-state index contributed by atoms with van der Waals surface area (Å²) in [7, 11) is 0. The van der Waals surface area contributed by atoms with E-state index in [1.54, 1.807) is 13.1 Å². The molecule has 0 saturated carbocycles. The first kappa shape index (κ1) is 23.1. The molecule has 2 N–H and O–H groups in total. The highest BCUT2D eigenvalue weighted by molar-refractivity contribution is 5.73. The summed E-state index contributed by atoms with van der Waals surface area (Å²) in [5.41, 5.74) is 3.34. The second-order valence-corrected chi connectivity index (χ2v) is 9.55. The number of piperidine rings is 1. The number of nitrogens with one attached hydrogen (secondary N) is 1. The van der Waals surface area contributed by atoms with Gasteiger partial charge in [0.25, 0.3) is 6.47 Å². The van der Waals surface area contributed by atoms with E-state index in [9.17, 15) is 4.79 Å². The third-order valence-corrected chi connectivity index (χ3v) is 6.89. The van der Waals surface area contributed by atoms with Gasteiger partial charge in [-0.25, -0.2) is 9.97 Å². The average Bonchev–Trinajstić information content (AvgIpc) is 3.15. The number of ether oxygens (including phenoxy) is 1. The van der Waals surface area contributed by atoms with E-state index in [1.165, 1.54) is 5.56 Å². The minimum atomic E-state index is -0.250. The second kappa shape index (κ2) is 9.43. The molecule has 2 saturated heterocycles. The number of fused-ring (bicyclic) bond motifs is 2. The molecule has 0 radical (unpaired) electrons. The maximum atomic E-state index is 12.1. The van der Waals surface area contributed by atoms with Gasteiger partial charge in [-0.3, -0.25) is 14.6 Å². The van der Waals surface area contributed by atoms with Crippen molar-refractivity contribution in [2.24, 2.45) is 5.41 Å². The van der Waals surface area contributed by atoms with Crippen molar-refractivity contribution in [1.29, 1.82) is 0 Å². The Balaban J connectivity index is 0.000000821. The topological polar surface area (TPSA) is 118 Å². The number of nitrogens with zero attached hydrogens (tertiary/aromatic N) is 4. The molecule has 2 aliphatic heterocycles. The molecule has 1 atom stereocenters. The van der Waals surface area contributed by atoms with Crippen molar-refractivity contribution in [2.75, 3.05) is 38.2 Å². The normalized spacial score (nSPS) is 22.5. The molecule has 1 spiro atoms. The first-order chi connectivity index (χ1) is 15.9. The summed E-state index contributed by atoms with van der Waals surface area (Å²) >= 11 is 0. The van der Waals surface area contributed by atoms with Crippen LogP contribution in [0.3, 0.4) is 0 Å². The third-order valence-electron chi connectivity index (χ3n) is 6.89. The highest BCUT2D eigenvalue weighted by Crippen LogP contribution is 2.46. The number of carboxylic acid groups (broad SMARTS) is 1. The van der Waals surface area contributed by atoms with E-state index in [2.05, 4.69) is 17.2 Å². The van der Waals surface area contributed by atoms with Crippen LogP contribution in [0.25, 0.3) is 11.4 Å². The van der Waals surface area contributed by atoms with Crippen LogP contribution in [0.15, 0.2) is 24.5 Å². The molecule has 0 bridgehead atoms. The lowest BCUT2D eigenvalue weighted by Crippen LogP contribution is -2.47. The average molecular weight is 454 g/mol. The zero-order valence-corrected chi connectivity index (χ0v) is 19.2. The zero-order valence-electron chi connectivity index (χ0n) is 19.2. The SMILES string of the molecule is CC(=O)N1CCCC2(CCc3c(NCC4(C)COC4)nc(-c4cccnc4)nc32)C1.O=CO. The highest BCUT2D eigenvalue weighted by Gasteiger charge is 2.45. The summed E-state index contributed by atoms with van der Waals surface area (Å²) in [6, 6.07) is 3.92. The number of rotatable bonds is 4. The van der Waals surface area contributed by atoms with Crippen molar-refractivity contribution >= 4 is 18.2 Å². The molecule has 1 amide bonds. The highest BCUT2D eigenvalue weighted by atomic mass is 16.5. The minimum Gasteiger partial charge on any atom is -0.483 e. The summed E-state index contributed by atoms with van der Waals surface area (Å²) in [4.78, 5) is 36.7. The smallest absolute Gasteiger partial charge is 0.290 e. The summed E-state index contributed by atoms with van der Waals surface area (Å²) < 4.78 is 5.42. The molecule has 2 aromatic heterocycles. The Morgan fingerprint density at radius 3 is 2.76 bits per heavy atom. The van der Waals surface area contributed by atoms with Gasteiger partial charge in [-0.2, -0.15) is 0 Å². The summed E-state index contributed by atoms with van der Waals surface area (Å²) in [5.74, 6) is 1.80. The molecular weight excluding hydrogens is 422 g/mol. The number of aromatic nitrogens is 3. The fourth-order valence-electron chi connectivity index (χ4n) is 5.06. The Labute approximate surface area is 193 Å². The molecule has 3 aliphatic rings. The third kappa shape index (κ3) is 4.68. The standard InChI is InChI=1S/C23H29N5O2.CH2O2/c1-16(29)28-10-4-7-23(13-28)8-6-18-19(23)26-20(17-5-3-9-24-11-17)27-21(18)25-12-22(2)14-30-15-22;2-1-3/h3,5,9,11H,4,6-8,10,12-15H2,1-2H3,(H,25,26,27);1H,(H,2,3). The van der Waals surface area contributed by atoms with Crippen molar-refractivity contribution in [3.8, 4) is 11.4 Å². The molecular formula is C24H31N5O4. The van der Waals surface area contributed by atoms with E-state index in [-0.39, 0.29) is 23.2 Å². The number of likely N-dealkylation sites (tertiary alicyclic amines) is 1. The van der Waals surface area contributed by atoms with Crippen LogP contribution >= 0.6 is 0 Å². The molecule has 2 aromatic rings. The van der Waals surface area contributed by atoms with Gasteiger partial charge in [-0.1, -0.05) is 6.92 Å². The lowest BCUT2D eigenvalue weighted by atomic mass is 9.77. The zero-order chi connectivity index (χ0) is 23.5. The van der Waals surface area contributed by atoms with E-state index >= 15 is 0 Å². The van der Waals surface area contributed by atoms with Gasteiger partial charge in [-0.15, -0.1) is 0 Å². The number of amides is 1. The van der Waals surface area contributed by atoms with Crippen molar-refractivity contribution < 1.29 is 19.4 Å². The second-order valence-electron chi connectivity index (χ2n) is 9.55. The van der Waals surface area contributed by atoms with Crippen LogP contribution in [0, 0.1) is 5.41 Å². The van der Waals surface area contributed by atoms with Crippen LogP contribution in [0.5, 0.6) is 0 Å². The van der Waals surface area contributed by atoms with Crippen molar-refractivity contribution in [3.63, 3.8) is 0 Å². The quantitative estimate of drug-likeness (QED) is 0.678. The van der Waals surface area contributed by atoms with Crippen LogP contribution in [-0.2, 0) is 26.2 Å². The molecule has 1 unspecified atom stereocenters. The van der Waals surface area contributed by atoms with E-state index in [1.807, 2.05) is 23.2 Å². The van der Waals surface area contributed by atoms with Crippen molar-refractivity contribution in [3.05, 3.63) is 35.8 Å². The van der Waals surface area contributed by atoms with Gasteiger partial charge in [0.15, 0.2) is 5.82 Å². The molecule has 5 rings (SSSR count). The fraction of sp³-hybridized carbons (Fsp3) is 0.542. The van der Waals surface area contributed by atoms with Gasteiger partial charge in [0.05, 0.1) is 18.9 Å². The largest absolute Gasteiger partial charge is 0.483 e. The molecule has 0 aromatic carbocycles. The predicted molar refractivity (Wildman–Crippen MR) is 123 cm³/mol. The molecule has 4 heterocycles. The lowest BCUT2D eigenvalue weighted by molar-refractivity contribution is -0.131. The van der Waals surface area contributed by atoms with Gasteiger partial charge in [0.1, 0.15) is 5.82 Å². The van der Waals surface area contributed by atoms with Crippen LogP contribution in [0.4, 0.5) is 5.82 Å². The Morgan fingerprint density at radius 1 is 1.33 bits per heavy atom. The van der Waals surface area contributed by atoms with Gasteiger partial charge in [0.2, 0.25) is 5.91 Å². The van der Waals surface area contributed by atoms with E-state index < -0.39 is 0 Å². The Bertz CT molecular complexity index is 1010. The Morgan fingerprint density at radius 2 is 2.12 bits per heavy atom. The summed E-state index contributed by atoms with van der Waals surface area (Å²) in [6.07, 6.45) is 7.63. The monoisotopic (exact) mass is 453 g/mol. The number of hydrogen-bond donors (Lipinski definition) is 2. The number of anilines is 1. The molecule has 9 heteroatoms. The minimum absolute atomic E-state index is 0.0704. The number of carbonyl (C=O) groups is 2. The molecule has 9 nitrogen and oxygen atoms in total. The van der Waals surface area contributed by atoms with Gasteiger partial charge in [0, 0.05) is 60.9 Å². The molecule has 176 valence electrons. The van der Waals surface area contributed by atoms with Crippen molar-refractivity contribution in [1.82, 2.24) is 19.9 Å². The van der Waals surface area contributed by atoms with E-state index in [0.717, 1.165) is 75.6 Å². The molecule has 1 aliphatic carbocycles. The summed E-state index contributed by atoms with van der Waals surface area (Å²) in [5, 5.41) is 10.5. The van der Waals surface area contributed by atoms with E-state index in [4.69, 9.17) is 24.6 Å². The first-order valence-electron chi connectivity index (χ1n) is 11.4. The van der Waals surface area contributed by atoms with Gasteiger partial charge in [-0.05, 0) is 37.8 Å². The van der Waals surface area contributed by atoms with Gasteiger partial charge < -0.3 is 20.1 Å². The van der Waals surface area contributed by atoms with E-state index in [0.29, 0.717) is 5.82 Å². The Kier molecular flexibility index (Phi) is 6.60. The van der Waals surface area contributed by atoms with Crippen molar-refractivity contribution in [2.45, 2.75) is 44.9 Å².